The molecule has 2 fully saturated rings. The number of aliphatic imine (C=N–C) groups is 1. The molecular weight excluding hydrogens is 489 g/mol. The molecule has 2 aliphatic rings. The third kappa shape index (κ3) is 7.98. The van der Waals surface area contributed by atoms with Gasteiger partial charge in [0.25, 0.3) is 0 Å². The fraction of sp³-hybridized carbons (Fsp3) is 0.696. The van der Waals surface area contributed by atoms with Crippen LogP contribution in [0.5, 0.6) is 0 Å². The third-order valence-corrected chi connectivity index (χ3v) is 5.97. The number of nitrogens with zero attached hydrogens (tertiary/aromatic N) is 3. The van der Waals surface area contributed by atoms with Gasteiger partial charge < -0.3 is 20.3 Å². The van der Waals surface area contributed by atoms with Crippen LogP contribution in [0.15, 0.2) is 29.3 Å². The summed E-state index contributed by atoms with van der Waals surface area (Å²) in [6.07, 6.45) is 2.35. The van der Waals surface area contributed by atoms with Crippen molar-refractivity contribution in [2.45, 2.75) is 58.8 Å². The first-order valence-corrected chi connectivity index (χ1v) is 11.3. The number of guanidine groups is 1. The molecular formula is C23H40IN5O. The highest BCUT2D eigenvalue weighted by molar-refractivity contribution is 14.0. The molecule has 30 heavy (non-hydrogen) atoms. The Hall–Kier alpha value is -0.900. The Bertz CT molecular complexity index is 640. The van der Waals surface area contributed by atoms with Gasteiger partial charge in [0, 0.05) is 51.4 Å². The van der Waals surface area contributed by atoms with Gasteiger partial charge in [0.05, 0.1) is 19.8 Å². The number of hydrogen-bond acceptors (Lipinski definition) is 4. The Morgan fingerprint density at radius 1 is 1.10 bits per heavy atom. The first kappa shape index (κ1) is 25.4. The number of piperidine rings is 1. The lowest BCUT2D eigenvalue weighted by Gasteiger charge is -2.35. The van der Waals surface area contributed by atoms with Crippen LogP contribution in [0.1, 0.15) is 44.7 Å². The van der Waals surface area contributed by atoms with Gasteiger partial charge in [-0.1, -0.05) is 24.3 Å². The molecule has 0 amide bonds. The number of ether oxygens (including phenoxy) is 1. The summed E-state index contributed by atoms with van der Waals surface area (Å²) in [5, 5.41) is 7.11. The molecule has 6 nitrogen and oxygen atoms in total. The number of benzene rings is 1. The van der Waals surface area contributed by atoms with Crippen LogP contribution in [-0.4, -0.2) is 73.8 Å². The second-order valence-electron chi connectivity index (χ2n) is 8.40. The van der Waals surface area contributed by atoms with Crippen molar-refractivity contribution in [3.63, 3.8) is 0 Å². The van der Waals surface area contributed by atoms with Crippen LogP contribution in [0.2, 0.25) is 0 Å². The molecule has 1 aromatic carbocycles. The molecule has 2 aliphatic heterocycles. The van der Waals surface area contributed by atoms with Crippen molar-refractivity contribution in [3.8, 4) is 0 Å². The monoisotopic (exact) mass is 529 g/mol. The van der Waals surface area contributed by atoms with Gasteiger partial charge in [-0.2, -0.15) is 0 Å². The van der Waals surface area contributed by atoms with E-state index in [0.29, 0.717) is 18.6 Å². The van der Waals surface area contributed by atoms with Gasteiger partial charge in [0.1, 0.15) is 0 Å². The van der Waals surface area contributed by atoms with Crippen LogP contribution in [0.4, 0.5) is 0 Å². The fourth-order valence-electron chi connectivity index (χ4n) is 4.10. The van der Waals surface area contributed by atoms with E-state index in [0.717, 1.165) is 58.4 Å². The minimum Gasteiger partial charge on any atom is -0.379 e. The molecule has 1 aromatic rings. The molecule has 2 saturated heterocycles. The summed E-state index contributed by atoms with van der Waals surface area (Å²) in [6, 6.07) is 9.85. The van der Waals surface area contributed by atoms with Gasteiger partial charge >= 0.3 is 0 Å². The van der Waals surface area contributed by atoms with Crippen LogP contribution >= 0.6 is 24.0 Å². The predicted octanol–water partition coefficient (Wildman–Crippen LogP) is 3.06. The third-order valence-electron chi connectivity index (χ3n) is 5.97. The second-order valence-corrected chi connectivity index (χ2v) is 8.40. The number of likely N-dealkylation sites (tertiary alicyclic amines) is 1. The molecule has 0 aliphatic carbocycles. The van der Waals surface area contributed by atoms with E-state index in [2.05, 4.69) is 65.5 Å². The lowest BCUT2D eigenvalue weighted by molar-refractivity contribution is 0.0341. The minimum absolute atomic E-state index is 0. The molecule has 2 heterocycles. The van der Waals surface area contributed by atoms with Crippen LogP contribution < -0.4 is 10.6 Å². The molecule has 0 radical (unpaired) electrons. The summed E-state index contributed by atoms with van der Waals surface area (Å²) in [4.78, 5) is 9.95. The second kappa shape index (κ2) is 13.5. The normalized spacial score (nSPS) is 19.5. The summed E-state index contributed by atoms with van der Waals surface area (Å²) in [7, 11) is 0. The van der Waals surface area contributed by atoms with Crippen LogP contribution in [-0.2, 0) is 17.8 Å². The number of nitrogens with one attached hydrogen (secondary N) is 2. The molecule has 0 atom stereocenters. The fourth-order valence-corrected chi connectivity index (χ4v) is 4.10. The van der Waals surface area contributed by atoms with Gasteiger partial charge in [0.15, 0.2) is 5.96 Å². The predicted molar refractivity (Wildman–Crippen MR) is 136 cm³/mol. The Kier molecular flexibility index (Phi) is 11.4. The standard InChI is InChI=1S/C23H39N5O.HI/c1-4-24-23(26-22-9-11-28(12-10-22)19(2)3)25-17-20-7-5-6-8-21(20)18-27-13-15-29-16-14-27;/h5-8,19,22H,4,9-18H2,1-3H3,(H2,24,25,26);1H. The number of rotatable bonds is 7. The molecule has 0 unspecified atom stereocenters. The van der Waals surface area contributed by atoms with E-state index in [1.165, 1.54) is 24.0 Å². The average molecular weight is 530 g/mol. The van der Waals surface area contributed by atoms with Crippen molar-refractivity contribution in [3.05, 3.63) is 35.4 Å². The van der Waals surface area contributed by atoms with Crippen LogP contribution in [0.25, 0.3) is 0 Å². The highest BCUT2D eigenvalue weighted by Crippen LogP contribution is 2.15. The van der Waals surface area contributed by atoms with Crippen molar-refractivity contribution in [1.82, 2.24) is 20.4 Å². The van der Waals surface area contributed by atoms with Gasteiger partial charge in [-0.05, 0) is 44.7 Å². The molecule has 2 N–H and O–H groups in total. The van der Waals surface area contributed by atoms with E-state index in [-0.39, 0.29) is 24.0 Å². The molecule has 0 aromatic heterocycles. The van der Waals surface area contributed by atoms with E-state index in [9.17, 15) is 0 Å². The van der Waals surface area contributed by atoms with Gasteiger partial charge in [-0.3, -0.25) is 4.90 Å². The van der Waals surface area contributed by atoms with Gasteiger partial charge in [-0.15, -0.1) is 24.0 Å². The highest BCUT2D eigenvalue weighted by Gasteiger charge is 2.21. The first-order chi connectivity index (χ1) is 14.2. The SMILES string of the molecule is CCNC(=NCc1ccccc1CN1CCOCC1)NC1CCN(C(C)C)CC1.I. The van der Waals surface area contributed by atoms with Crippen molar-refractivity contribution in [2.24, 2.45) is 4.99 Å². The Labute approximate surface area is 199 Å². The average Bonchev–Trinajstić information content (AvgIpc) is 2.74. The Morgan fingerprint density at radius 3 is 2.40 bits per heavy atom. The molecule has 7 heteroatoms. The van der Waals surface area contributed by atoms with Gasteiger partial charge in [-0.25, -0.2) is 4.99 Å². The van der Waals surface area contributed by atoms with Crippen molar-refractivity contribution >= 4 is 29.9 Å². The maximum absolute atomic E-state index is 5.48. The Morgan fingerprint density at radius 2 is 1.77 bits per heavy atom. The quantitative estimate of drug-likeness (QED) is 0.323. The van der Waals surface area contributed by atoms with Crippen molar-refractivity contribution in [1.29, 1.82) is 0 Å². The van der Waals surface area contributed by atoms with Crippen molar-refractivity contribution in [2.75, 3.05) is 45.9 Å². The molecule has 3 rings (SSSR count). The van der Waals surface area contributed by atoms with Crippen LogP contribution in [0, 0.1) is 0 Å². The number of hydrogen-bond donors (Lipinski definition) is 2. The largest absolute Gasteiger partial charge is 0.379 e. The van der Waals surface area contributed by atoms with E-state index in [1.54, 1.807) is 0 Å². The maximum atomic E-state index is 5.48. The maximum Gasteiger partial charge on any atom is 0.191 e. The zero-order valence-corrected chi connectivity index (χ0v) is 21.2. The van der Waals surface area contributed by atoms with E-state index in [1.807, 2.05) is 0 Å². The summed E-state index contributed by atoms with van der Waals surface area (Å²) in [6.45, 7) is 15.3. The molecule has 0 bridgehead atoms. The zero-order chi connectivity index (χ0) is 20.5. The van der Waals surface area contributed by atoms with Crippen molar-refractivity contribution < 1.29 is 4.74 Å². The Balaban J connectivity index is 0.00000320. The molecule has 0 spiro atoms. The number of morpholine rings is 1. The summed E-state index contributed by atoms with van der Waals surface area (Å²) < 4.78 is 5.48. The topological polar surface area (TPSA) is 52.1 Å². The summed E-state index contributed by atoms with van der Waals surface area (Å²) in [5.41, 5.74) is 2.69. The van der Waals surface area contributed by atoms with E-state index < -0.39 is 0 Å². The van der Waals surface area contributed by atoms with E-state index in [4.69, 9.17) is 9.73 Å². The molecule has 0 saturated carbocycles. The summed E-state index contributed by atoms with van der Waals surface area (Å²) in [5.74, 6) is 0.941. The first-order valence-electron chi connectivity index (χ1n) is 11.3. The summed E-state index contributed by atoms with van der Waals surface area (Å²) >= 11 is 0. The molecule has 170 valence electrons. The highest BCUT2D eigenvalue weighted by atomic mass is 127. The zero-order valence-electron chi connectivity index (χ0n) is 18.9. The van der Waals surface area contributed by atoms with Crippen LogP contribution in [0.3, 0.4) is 0 Å². The van der Waals surface area contributed by atoms with E-state index >= 15 is 0 Å². The van der Waals surface area contributed by atoms with Gasteiger partial charge in [0.2, 0.25) is 0 Å². The smallest absolute Gasteiger partial charge is 0.191 e. The minimum atomic E-state index is 0. The lowest BCUT2D eigenvalue weighted by Crippen LogP contribution is -2.49. The lowest BCUT2D eigenvalue weighted by atomic mass is 10.0. The number of halogens is 1.